The predicted octanol–water partition coefficient (Wildman–Crippen LogP) is 1.46. The summed E-state index contributed by atoms with van der Waals surface area (Å²) in [5.74, 6) is -1.52. The zero-order valence-corrected chi connectivity index (χ0v) is 17.0. The van der Waals surface area contributed by atoms with Gasteiger partial charge in [-0.3, -0.25) is 14.2 Å². The van der Waals surface area contributed by atoms with E-state index in [1.165, 1.54) is 6.20 Å². The molecule has 1 aliphatic rings. The molecule has 3 heterocycles. The van der Waals surface area contributed by atoms with E-state index in [1.54, 1.807) is 30.3 Å². The Kier molecular flexibility index (Phi) is 5.65. The third-order valence-corrected chi connectivity index (χ3v) is 5.47. The largest absolute Gasteiger partial charge is 0.459 e. The van der Waals surface area contributed by atoms with E-state index in [9.17, 15) is 14.4 Å². The molecule has 3 aromatic rings. The molecule has 4 atom stereocenters. The van der Waals surface area contributed by atoms with Gasteiger partial charge in [-0.25, -0.2) is 14.2 Å². The lowest BCUT2D eigenvalue weighted by molar-refractivity contribution is -0.154. The van der Waals surface area contributed by atoms with Crippen LogP contribution < -0.4 is 10.6 Å². The summed E-state index contributed by atoms with van der Waals surface area (Å²) in [6, 6.07) is 8.17. The van der Waals surface area contributed by atoms with Crippen molar-refractivity contribution in [2.45, 2.75) is 31.5 Å². The SMILES string of the molecule is CC(=O)O[C@@H]1[C@@H](F)[C@@H](COC(=O)c2ccccc2)O[C@H]1n1c(=O)sc2cnc(N)nc21. The first-order valence-corrected chi connectivity index (χ1v) is 9.99. The van der Waals surface area contributed by atoms with E-state index >= 15 is 4.39 Å². The number of fused-ring (bicyclic) bond motifs is 1. The van der Waals surface area contributed by atoms with E-state index < -0.39 is 48.0 Å². The summed E-state index contributed by atoms with van der Waals surface area (Å²) in [5, 5.41) is 0. The Bertz CT molecular complexity index is 1180. The van der Waals surface area contributed by atoms with Crippen molar-refractivity contribution < 1.29 is 28.2 Å². The van der Waals surface area contributed by atoms with Crippen molar-refractivity contribution in [3.63, 3.8) is 0 Å². The van der Waals surface area contributed by atoms with Crippen molar-refractivity contribution in [1.29, 1.82) is 0 Å². The van der Waals surface area contributed by atoms with Crippen LogP contribution in [0.25, 0.3) is 10.3 Å². The Balaban J connectivity index is 1.61. The molecule has 31 heavy (non-hydrogen) atoms. The second kappa shape index (κ2) is 8.40. The molecule has 4 rings (SSSR count). The van der Waals surface area contributed by atoms with Gasteiger partial charge in [0.1, 0.15) is 12.7 Å². The maximum atomic E-state index is 15.2. The summed E-state index contributed by atoms with van der Waals surface area (Å²) in [4.78, 5) is 43.7. The lowest BCUT2D eigenvalue weighted by Crippen LogP contribution is -2.35. The van der Waals surface area contributed by atoms with Gasteiger partial charge in [0.2, 0.25) is 5.95 Å². The average Bonchev–Trinajstić information content (AvgIpc) is 3.22. The number of nitrogens with two attached hydrogens (primary N) is 1. The molecule has 0 radical (unpaired) electrons. The fourth-order valence-corrected chi connectivity index (χ4v) is 4.06. The minimum absolute atomic E-state index is 0.0915. The highest BCUT2D eigenvalue weighted by Gasteiger charge is 2.50. The number of anilines is 1. The summed E-state index contributed by atoms with van der Waals surface area (Å²) in [5.41, 5.74) is 6.03. The van der Waals surface area contributed by atoms with Crippen molar-refractivity contribution in [2.75, 3.05) is 12.3 Å². The second-order valence-corrected chi connectivity index (χ2v) is 7.70. The normalized spacial score (nSPS) is 23.0. The van der Waals surface area contributed by atoms with Crippen LogP contribution in [0.15, 0.2) is 41.3 Å². The molecule has 1 fully saturated rings. The lowest BCUT2D eigenvalue weighted by Gasteiger charge is -2.19. The highest BCUT2D eigenvalue weighted by atomic mass is 32.1. The van der Waals surface area contributed by atoms with Crippen molar-refractivity contribution in [3.05, 3.63) is 51.8 Å². The first-order chi connectivity index (χ1) is 14.8. The molecule has 162 valence electrons. The van der Waals surface area contributed by atoms with Gasteiger partial charge in [-0.15, -0.1) is 0 Å². The minimum Gasteiger partial charge on any atom is -0.459 e. The van der Waals surface area contributed by atoms with Crippen LogP contribution in [0, 0.1) is 0 Å². The van der Waals surface area contributed by atoms with Crippen molar-refractivity contribution in [2.24, 2.45) is 0 Å². The van der Waals surface area contributed by atoms with E-state index in [2.05, 4.69) is 9.97 Å². The van der Waals surface area contributed by atoms with Crippen LogP contribution in [-0.2, 0) is 19.0 Å². The number of esters is 2. The monoisotopic (exact) mass is 448 g/mol. The van der Waals surface area contributed by atoms with Crippen LogP contribution in [0.4, 0.5) is 10.3 Å². The number of carbonyl (C=O) groups excluding carboxylic acids is 2. The predicted molar refractivity (Wildman–Crippen MR) is 107 cm³/mol. The Morgan fingerprint density at radius 2 is 2.06 bits per heavy atom. The number of nitrogens with zero attached hydrogens (tertiary/aromatic N) is 3. The van der Waals surface area contributed by atoms with Gasteiger partial charge in [0.05, 0.1) is 16.5 Å². The molecule has 0 amide bonds. The third kappa shape index (κ3) is 4.11. The summed E-state index contributed by atoms with van der Waals surface area (Å²) in [7, 11) is 0. The van der Waals surface area contributed by atoms with Gasteiger partial charge in [0.25, 0.3) is 0 Å². The van der Waals surface area contributed by atoms with Gasteiger partial charge >= 0.3 is 16.8 Å². The van der Waals surface area contributed by atoms with Gasteiger partial charge in [0, 0.05) is 6.92 Å². The molecule has 0 spiro atoms. The molecular weight excluding hydrogens is 431 g/mol. The first kappa shape index (κ1) is 20.9. The molecule has 0 unspecified atom stereocenters. The third-order valence-electron chi connectivity index (χ3n) is 4.59. The Hall–Kier alpha value is -3.38. The minimum atomic E-state index is -1.86. The molecule has 1 aliphatic heterocycles. The number of benzene rings is 1. The molecule has 0 bridgehead atoms. The van der Waals surface area contributed by atoms with E-state index in [-0.39, 0.29) is 17.2 Å². The molecule has 0 aliphatic carbocycles. The smallest absolute Gasteiger partial charge is 0.338 e. The zero-order chi connectivity index (χ0) is 22.1. The number of ether oxygens (including phenoxy) is 3. The Morgan fingerprint density at radius 3 is 2.77 bits per heavy atom. The molecule has 10 nitrogen and oxygen atoms in total. The van der Waals surface area contributed by atoms with Gasteiger partial charge in [-0.2, -0.15) is 4.98 Å². The van der Waals surface area contributed by atoms with Gasteiger partial charge in [0.15, 0.2) is 24.2 Å². The molecule has 1 aromatic carbocycles. The number of halogens is 1. The fourth-order valence-electron chi connectivity index (χ4n) is 3.24. The lowest BCUT2D eigenvalue weighted by atomic mass is 10.1. The topological polar surface area (TPSA) is 136 Å². The van der Waals surface area contributed by atoms with E-state index in [0.717, 1.165) is 22.8 Å². The molecule has 1 saturated heterocycles. The van der Waals surface area contributed by atoms with Crippen LogP contribution in [0.1, 0.15) is 23.5 Å². The van der Waals surface area contributed by atoms with Gasteiger partial charge in [-0.1, -0.05) is 29.5 Å². The summed E-state index contributed by atoms with van der Waals surface area (Å²) in [6.07, 6.45) is -4.55. The molecule has 2 N–H and O–H groups in total. The second-order valence-electron chi connectivity index (χ2n) is 6.70. The number of hydrogen-bond donors (Lipinski definition) is 1. The van der Waals surface area contributed by atoms with Crippen LogP contribution >= 0.6 is 11.3 Å². The summed E-state index contributed by atoms with van der Waals surface area (Å²) >= 11 is 0.812. The highest BCUT2D eigenvalue weighted by molar-refractivity contribution is 7.16. The Morgan fingerprint density at radius 1 is 1.32 bits per heavy atom. The fraction of sp³-hybridized carbons (Fsp3) is 0.316. The average molecular weight is 448 g/mol. The van der Waals surface area contributed by atoms with Crippen molar-refractivity contribution in [1.82, 2.24) is 14.5 Å². The number of thiazole rings is 1. The molecule has 0 saturated carbocycles. The van der Waals surface area contributed by atoms with E-state index in [4.69, 9.17) is 19.9 Å². The summed E-state index contributed by atoms with van der Waals surface area (Å²) in [6.45, 7) is 0.665. The number of hydrogen-bond acceptors (Lipinski definition) is 10. The van der Waals surface area contributed by atoms with Crippen LogP contribution in [0.2, 0.25) is 0 Å². The number of carbonyl (C=O) groups is 2. The maximum Gasteiger partial charge on any atom is 0.338 e. The highest BCUT2D eigenvalue weighted by Crippen LogP contribution is 2.35. The van der Waals surface area contributed by atoms with Gasteiger partial charge < -0.3 is 19.9 Å². The number of rotatable bonds is 5. The van der Waals surface area contributed by atoms with Crippen LogP contribution in [0.3, 0.4) is 0 Å². The van der Waals surface area contributed by atoms with Crippen LogP contribution in [0.5, 0.6) is 0 Å². The standard InChI is InChI=1S/C19H17FN4O6S/c1-9(25)29-14-13(20)11(8-28-17(26)10-5-3-2-4-6-10)30-16(14)24-15-12(31-19(24)27)7-22-18(21)23-15/h2-7,11,13-14,16H,8H2,1H3,(H2,21,22,23)/t11-,13+,14-,16-/m1/s1. The van der Waals surface area contributed by atoms with E-state index in [0.29, 0.717) is 4.70 Å². The first-order valence-electron chi connectivity index (χ1n) is 9.17. The van der Waals surface area contributed by atoms with E-state index in [1.807, 2.05) is 0 Å². The Labute approximate surface area is 178 Å². The quantitative estimate of drug-likeness (QED) is 0.575. The maximum absolute atomic E-state index is 15.2. The molecule has 2 aromatic heterocycles. The van der Waals surface area contributed by atoms with Crippen molar-refractivity contribution in [3.8, 4) is 0 Å². The molecular formula is C19H17FN4O6S. The molecule has 12 heteroatoms. The van der Waals surface area contributed by atoms with Crippen LogP contribution in [-0.4, -0.2) is 51.5 Å². The van der Waals surface area contributed by atoms with Crippen molar-refractivity contribution >= 4 is 39.6 Å². The zero-order valence-electron chi connectivity index (χ0n) is 16.1. The summed E-state index contributed by atoms with van der Waals surface area (Å²) < 4.78 is 32.6. The number of alkyl halides is 1. The number of aromatic nitrogens is 3. The van der Waals surface area contributed by atoms with Gasteiger partial charge in [-0.05, 0) is 12.1 Å². The number of nitrogen functional groups attached to an aromatic ring is 1.